The molecule has 1 amide bonds. The van der Waals surface area contributed by atoms with E-state index in [1.54, 1.807) is 5.38 Å². The highest BCUT2D eigenvalue weighted by Crippen LogP contribution is 2.25. The minimum atomic E-state index is -1.30. The van der Waals surface area contributed by atoms with Gasteiger partial charge in [0.05, 0.1) is 18.7 Å². The Morgan fingerprint density at radius 3 is 2.72 bits per heavy atom. The molecule has 1 fully saturated rings. The van der Waals surface area contributed by atoms with E-state index in [2.05, 4.69) is 39.3 Å². The van der Waals surface area contributed by atoms with Gasteiger partial charge in [0, 0.05) is 43.7 Å². The molecule has 1 aromatic carbocycles. The van der Waals surface area contributed by atoms with Crippen LogP contribution in [0.25, 0.3) is 10.6 Å². The summed E-state index contributed by atoms with van der Waals surface area (Å²) in [5, 5.41) is 22.8. The fourth-order valence-electron chi connectivity index (χ4n) is 3.18. The maximum atomic E-state index is 12.0. The molecular weight excluding hydrogens is 392 g/mol. The van der Waals surface area contributed by atoms with Crippen molar-refractivity contribution in [3.8, 4) is 10.6 Å². The summed E-state index contributed by atoms with van der Waals surface area (Å²) in [7, 11) is 2.14. The van der Waals surface area contributed by atoms with Crippen molar-refractivity contribution in [3.05, 3.63) is 40.9 Å². The predicted molar refractivity (Wildman–Crippen MR) is 111 cm³/mol. The lowest BCUT2D eigenvalue weighted by Crippen LogP contribution is -2.43. The first-order chi connectivity index (χ1) is 13.9. The van der Waals surface area contributed by atoms with Crippen LogP contribution >= 0.6 is 11.3 Å². The van der Waals surface area contributed by atoms with Crippen molar-refractivity contribution in [2.24, 2.45) is 0 Å². The number of benzene rings is 1. The second-order valence-corrected chi connectivity index (χ2v) is 8.10. The molecule has 1 aliphatic rings. The molecule has 3 N–H and O–H groups in total. The van der Waals surface area contributed by atoms with Crippen molar-refractivity contribution < 1.29 is 19.8 Å². The minimum Gasteiger partial charge on any atom is -0.480 e. The van der Waals surface area contributed by atoms with E-state index in [-0.39, 0.29) is 6.42 Å². The molecule has 2 heterocycles. The molecule has 1 unspecified atom stereocenters. The number of likely N-dealkylation sites (N-methyl/N-ethyl adjacent to an activating group) is 1. The van der Waals surface area contributed by atoms with Crippen molar-refractivity contribution in [1.29, 1.82) is 0 Å². The number of nitrogens with one attached hydrogen (secondary N) is 1. The number of aliphatic hydroxyl groups is 1. The number of thiazole rings is 1. The van der Waals surface area contributed by atoms with E-state index in [1.807, 2.05) is 12.1 Å². The number of aliphatic carboxylic acids is 1. The van der Waals surface area contributed by atoms with Crippen LogP contribution in [0, 0.1) is 0 Å². The van der Waals surface area contributed by atoms with Crippen LogP contribution in [0.1, 0.15) is 11.3 Å². The number of carbonyl (C=O) groups is 2. The number of aliphatic hydroxyl groups excluding tert-OH is 1. The first kappa shape index (κ1) is 21.4. The maximum Gasteiger partial charge on any atom is 0.328 e. The van der Waals surface area contributed by atoms with Crippen LogP contribution in [0.5, 0.6) is 0 Å². The van der Waals surface area contributed by atoms with Crippen molar-refractivity contribution in [1.82, 2.24) is 20.1 Å². The Kier molecular flexibility index (Phi) is 7.32. The van der Waals surface area contributed by atoms with Crippen LogP contribution in [-0.2, 0) is 22.6 Å². The number of carboxylic acid groups (broad SMARTS) is 1. The number of hydrogen-bond acceptors (Lipinski definition) is 7. The number of nitrogens with zero attached hydrogens (tertiary/aromatic N) is 3. The standard InChI is InChI=1S/C20H26N4O4S/c1-23-5-7-24(8-6-23)11-14-3-2-4-15(9-14)19-21-16(13-29-19)10-18(26)22-17(12-25)20(27)28/h2-4,9,13,17,25H,5-8,10-12H2,1H3,(H,22,26)(H,27,28). The van der Waals surface area contributed by atoms with E-state index in [1.165, 1.54) is 16.9 Å². The summed E-state index contributed by atoms with van der Waals surface area (Å²) in [6, 6.07) is 6.97. The normalized spacial score (nSPS) is 16.5. The summed E-state index contributed by atoms with van der Waals surface area (Å²) < 4.78 is 0. The van der Waals surface area contributed by atoms with Crippen LogP contribution in [0.3, 0.4) is 0 Å². The third-order valence-electron chi connectivity index (χ3n) is 4.89. The SMILES string of the molecule is CN1CCN(Cc2cccc(-c3nc(CC(=O)NC(CO)C(=O)O)cs3)c2)CC1. The van der Waals surface area contributed by atoms with E-state index in [0.717, 1.165) is 43.3 Å². The quantitative estimate of drug-likeness (QED) is 0.578. The first-order valence-electron chi connectivity index (χ1n) is 9.52. The van der Waals surface area contributed by atoms with Gasteiger partial charge in [-0.05, 0) is 18.7 Å². The number of amides is 1. The Labute approximate surface area is 173 Å². The number of aromatic nitrogens is 1. The van der Waals surface area contributed by atoms with Crippen LogP contribution in [0.4, 0.5) is 0 Å². The highest BCUT2D eigenvalue weighted by atomic mass is 32.1. The molecule has 29 heavy (non-hydrogen) atoms. The highest BCUT2D eigenvalue weighted by molar-refractivity contribution is 7.13. The van der Waals surface area contributed by atoms with Crippen molar-refractivity contribution in [2.45, 2.75) is 19.0 Å². The topological polar surface area (TPSA) is 106 Å². The Bertz CT molecular complexity index is 849. The van der Waals surface area contributed by atoms with Gasteiger partial charge in [0.2, 0.25) is 5.91 Å². The Hall–Kier alpha value is -2.33. The van der Waals surface area contributed by atoms with E-state index in [9.17, 15) is 9.59 Å². The molecular formula is C20H26N4O4S. The molecule has 9 heteroatoms. The van der Waals surface area contributed by atoms with Gasteiger partial charge in [-0.3, -0.25) is 9.69 Å². The molecule has 1 aromatic heterocycles. The molecule has 0 spiro atoms. The van der Waals surface area contributed by atoms with Crippen LogP contribution in [0.2, 0.25) is 0 Å². The first-order valence-corrected chi connectivity index (χ1v) is 10.4. The molecule has 1 aliphatic heterocycles. The number of rotatable bonds is 8. The second kappa shape index (κ2) is 9.93. The largest absolute Gasteiger partial charge is 0.480 e. The maximum absolute atomic E-state index is 12.0. The van der Waals surface area contributed by atoms with Crippen molar-refractivity contribution in [2.75, 3.05) is 39.8 Å². The Morgan fingerprint density at radius 2 is 2.03 bits per heavy atom. The predicted octanol–water partition coefficient (Wildman–Crippen LogP) is 0.662. The van der Waals surface area contributed by atoms with E-state index < -0.39 is 24.5 Å². The van der Waals surface area contributed by atoms with Gasteiger partial charge >= 0.3 is 5.97 Å². The summed E-state index contributed by atoms with van der Waals surface area (Å²) >= 11 is 1.45. The van der Waals surface area contributed by atoms with Crippen molar-refractivity contribution in [3.63, 3.8) is 0 Å². The summed E-state index contributed by atoms with van der Waals surface area (Å²) in [5.41, 5.74) is 2.81. The van der Waals surface area contributed by atoms with Crippen LogP contribution in [-0.4, -0.2) is 82.7 Å². The molecule has 156 valence electrons. The minimum absolute atomic E-state index is 0.0265. The zero-order valence-corrected chi connectivity index (χ0v) is 17.2. The zero-order chi connectivity index (χ0) is 20.8. The number of carboxylic acids is 1. The lowest BCUT2D eigenvalue weighted by atomic mass is 10.1. The number of carbonyl (C=O) groups excluding carboxylic acids is 1. The third-order valence-corrected chi connectivity index (χ3v) is 5.83. The van der Waals surface area contributed by atoms with Crippen LogP contribution in [0.15, 0.2) is 29.6 Å². The van der Waals surface area contributed by atoms with E-state index in [4.69, 9.17) is 10.2 Å². The monoisotopic (exact) mass is 418 g/mol. The molecule has 0 bridgehead atoms. The lowest BCUT2D eigenvalue weighted by Gasteiger charge is -2.32. The third kappa shape index (κ3) is 6.07. The summed E-state index contributed by atoms with van der Waals surface area (Å²) in [5.74, 6) is -1.75. The van der Waals surface area contributed by atoms with Crippen molar-refractivity contribution >= 4 is 23.2 Å². The fraction of sp³-hybridized carbons (Fsp3) is 0.450. The molecule has 1 atom stereocenters. The summed E-state index contributed by atoms with van der Waals surface area (Å²) in [6.45, 7) is 4.53. The smallest absolute Gasteiger partial charge is 0.328 e. The molecule has 0 aliphatic carbocycles. The number of hydrogen-bond donors (Lipinski definition) is 3. The summed E-state index contributed by atoms with van der Waals surface area (Å²) in [6.07, 6.45) is -0.0265. The average molecular weight is 419 g/mol. The Balaban J connectivity index is 1.61. The lowest BCUT2D eigenvalue weighted by molar-refractivity contribution is -0.142. The summed E-state index contributed by atoms with van der Waals surface area (Å²) in [4.78, 5) is 32.2. The molecule has 0 radical (unpaired) electrons. The molecule has 0 saturated carbocycles. The zero-order valence-electron chi connectivity index (χ0n) is 16.4. The van der Waals surface area contributed by atoms with Gasteiger partial charge in [0.1, 0.15) is 11.0 Å². The molecule has 1 saturated heterocycles. The van der Waals surface area contributed by atoms with Gasteiger partial charge < -0.3 is 20.4 Å². The van der Waals surface area contributed by atoms with Gasteiger partial charge in [-0.15, -0.1) is 11.3 Å². The molecule has 8 nitrogen and oxygen atoms in total. The van der Waals surface area contributed by atoms with Gasteiger partial charge in [-0.1, -0.05) is 18.2 Å². The fourth-order valence-corrected chi connectivity index (χ4v) is 4.00. The average Bonchev–Trinajstić information content (AvgIpc) is 3.16. The Morgan fingerprint density at radius 1 is 1.28 bits per heavy atom. The van der Waals surface area contributed by atoms with Gasteiger partial charge in [-0.25, -0.2) is 9.78 Å². The second-order valence-electron chi connectivity index (χ2n) is 7.24. The van der Waals surface area contributed by atoms with Gasteiger partial charge in [0.25, 0.3) is 0 Å². The molecule has 2 aromatic rings. The van der Waals surface area contributed by atoms with E-state index >= 15 is 0 Å². The highest BCUT2D eigenvalue weighted by Gasteiger charge is 2.19. The van der Waals surface area contributed by atoms with Crippen LogP contribution < -0.4 is 5.32 Å². The van der Waals surface area contributed by atoms with E-state index in [0.29, 0.717) is 5.69 Å². The number of piperazine rings is 1. The van der Waals surface area contributed by atoms with Gasteiger partial charge in [-0.2, -0.15) is 0 Å². The van der Waals surface area contributed by atoms with Gasteiger partial charge in [0.15, 0.2) is 0 Å². The molecule has 3 rings (SSSR count).